The highest BCUT2D eigenvalue weighted by atomic mass is 16.7. The van der Waals surface area contributed by atoms with E-state index in [1.807, 2.05) is 0 Å². The Morgan fingerprint density at radius 1 is 0.516 bits per heavy atom. The van der Waals surface area contributed by atoms with Crippen molar-refractivity contribution in [1.29, 1.82) is 0 Å². The van der Waals surface area contributed by atoms with Gasteiger partial charge in [0.25, 0.3) is 0 Å². The molecule has 350 valence electrons. The van der Waals surface area contributed by atoms with Crippen LogP contribution in [0.3, 0.4) is 0 Å². The lowest BCUT2D eigenvalue weighted by atomic mass is 9.99. The highest BCUT2D eigenvalue weighted by Crippen LogP contribution is 2.22. The van der Waals surface area contributed by atoms with Gasteiger partial charge in [0, 0.05) is 13.0 Å². The van der Waals surface area contributed by atoms with Crippen molar-refractivity contribution in [3.63, 3.8) is 0 Å². The second-order valence-electron chi connectivity index (χ2n) is 15.4. The van der Waals surface area contributed by atoms with Crippen LogP contribution in [0.2, 0.25) is 0 Å². The molecular weight excluding hydrogens is 781 g/mol. The molecule has 0 spiro atoms. The molecule has 0 aromatic heterocycles. The summed E-state index contributed by atoms with van der Waals surface area (Å²) in [6.45, 7) is 4.19. The molecule has 0 aliphatic carbocycles. The van der Waals surface area contributed by atoms with Crippen LogP contribution in [0.15, 0.2) is 122 Å². The Labute approximate surface area is 376 Å². The monoisotopic (exact) mass is 865 g/mol. The van der Waals surface area contributed by atoms with Gasteiger partial charge < -0.3 is 39.4 Å². The first-order valence-electron chi connectivity index (χ1n) is 23.6. The fourth-order valence-electron chi connectivity index (χ4n) is 6.26. The van der Waals surface area contributed by atoms with Gasteiger partial charge in [0.2, 0.25) is 0 Å². The summed E-state index contributed by atoms with van der Waals surface area (Å²) in [6.07, 6.45) is 55.2. The first kappa shape index (κ1) is 56.6. The number of hydrogen-bond donors (Lipinski definition) is 4. The predicted octanol–water partition coefficient (Wildman–Crippen LogP) is 11.1. The number of unbranched alkanes of at least 4 members (excludes halogenated alkanes) is 7. The smallest absolute Gasteiger partial charge is 0.306 e. The number of ether oxygens (including phenoxy) is 4. The molecule has 1 fully saturated rings. The molecule has 1 saturated heterocycles. The van der Waals surface area contributed by atoms with Gasteiger partial charge in [-0.3, -0.25) is 4.79 Å². The molecule has 1 heterocycles. The largest absolute Gasteiger partial charge is 0.457 e. The Morgan fingerprint density at radius 2 is 0.935 bits per heavy atom. The fraction of sp³-hybridized carbons (Fsp3) is 0.604. The molecule has 6 atom stereocenters. The Balaban J connectivity index is 2.31. The molecule has 9 heteroatoms. The highest BCUT2D eigenvalue weighted by Gasteiger charge is 2.44. The van der Waals surface area contributed by atoms with Crippen molar-refractivity contribution in [3.05, 3.63) is 122 Å². The van der Waals surface area contributed by atoms with E-state index < -0.39 is 43.4 Å². The van der Waals surface area contributed by atoms with Crippen LogP contribution in [-0.4, -0.2) is 89.6 Å². The molecular formula is C53H84O9. The van der Waals surface area contributed by atoms with Gasteiger partial charge in [-0.05, 0) is 96.3 Å². The second kappa shape index (κ2) is 42.9. The molecule has 0 aromatic rings. The van der Waals surface area contributed by atoms with Gasteiger partial charge in [-0.15, -0.1) is 0 Å². The maximum atomic E-state index is 12.8. The normalized spacial score (nSPS) is 20.9. The van der Waals surface area contributed by atoms with Crippen molar-refractivity contribution in [2.45, 2.75) is 179 Å². The standard InChI is InChI=1S/C53H84O9/c1-3-5-7-9-11-13-15-17-19-21-22-23-24-25-27-29-31-33-35-37-39-41-43-59-45-47(46-60-53-52(58)51(57)50(56)48(44-54)62-53)61-49(55)42-40-38-36-34-32-30-28-26-20-18-16-14-12-10-8-6-4-2/h5-8,11-14,17-20,22-23,25,27-28,30,34,36,47-48,50-54,56-58H,3-4,9-10,15-16,21,24,26,29,31-33,35,37-46H2,1-2H3/b7-5-,8-6-,13-11-,14-12-,19-17-,20-18-,23-22-,27-25-,30-28-,36-34-. The van der Waals surface area contributed by atoms with E-state index >= 15 is 0 Å². The van der Waals surface area contributed by atoms with E-state index in [1.54, 1.807) is 0 Å². The lowest BCUT2D eigenvalue weighted by Crippen LogP contribution is -2.59. The predicted molar refractivity (Wildman–Crippen MR) is 256 cm³/mol. The van der Waals surface area contributed by atoms with Gasteiger partial charge in [0.1, 0.15) is 30.5 Å². The molecule has 6 unspecified atom stereocenters. The highest BCUT2D eigenvalue weighted by molar-refractivity contribution is 5.69. The minimum atomic E-state index is -1.56. The first-order valence-corrected chi connectivity index (χ1v) is 23.6. The number of aliphatic hydroxyl groups excluding tert-OH is 4. The summed E-state index contributed by atoms with van der Waals surface area (Å²) >= 11 is 0. The molecule has 1 aliphatic heterocycles. The molecule has 9 nitrogen and oxygen atoms in total. The lowest BCUT2D eigenvalue weighted by Gasteiger charge is -2.39. The quantitative estimate of drug-likeness (QED) is 0.0272. The number of rotatable bonds is 38. The summed E-state index contributed by atoms with van der Waals surface area (Å²) in [4.78, 5) is 12.8. The van der Waals surface area contributed by atoms with Crippen LogP contribution in [0.5, 0.6) is 0 Å². The number of allylic oxidation sites excluding steroid dienone is 20. The summed E-state index contributed by atoms with van der Waals surface area (Å²) in [7, 11) is 0. The van der Waals surface area contributed by atoms with E-state index in [1.165, 1.54) is 19.3 Å². The third kappa shape index (κ3) is 33.2. The molecule has 4 N–H and O–H groups in total. The average molecular weight is 865 g/mol. The number of aliphatic hydroxyl groups is 4. The van der Waals surface area contributed by atoms with Crippen molar-refractivity contribution in [3.8, 4) is 0 Å². The maximum absolute atomic E-state index is 12.8. The Kier molecular flexibility index (Phi) is 39.1. The Bertz CT molecular complexity index is 1350. The van der Waals surface area contributed by atoms with Crippen molar-refractivity contribution in [2.24, 2.45) is 0 Å². The first-order chi connectivity index (χ1) is 30.4. The third-order valence-corrected chi connectivity index (χ3v) is 9.87. The number of carbonyl (C=O) groups excluding carboxylic acids is 1. The second-order valence-corrected chi connectivity index (χ2v) is 15.4. The van der Waals surface area contributed by atoms with Gasteiger partial charge in [-0.25, -0.2) is 0 Å². The van der Waals surface area contributed by atoms with E-state index in [0.717, 1.165) is 96.3 Å². The van der Waals surface area contributed by atoms with E-state index in [9.17, 15) is 25.2 Å². The van der Waals surface area contributed by atoms with Gasteiger partial charge in [0.05, 0.1) is 19.8 Å². The number of carbonyl (C=O) groups is 1. The van der Waals surface area contributed by atoms with E-state index in [-0.39, 0.29) is 25.6 Å². The lowest BCUT2D eigenvalue weighted by molar-refractivity contribution is -0.305. The van der Waals surface area contributed by atoms with E-state index in [0.29, 0.717) is 13.0 Å². The zero-order valence-corrected chi connectivity index (χ0v) is 38.3. The van der Waals surface area contributed by atoms with E-state index in [2.05, 4.69) is 135 Å². The van der Waals surface area contributed by atoms with Gasteiger partial charge in [-0.1, -0.05) is 161 Å². The third-order valence-electron chi connectivity index (χ3n) is 9.87. The van der Waals surface area contributed by atoms with Crippen molar-refractivity contribution >= 4 is 5.97 Å². The van der Waals surface area contributed by atoms with Crippen LogP contribution in [0.4, 0.5) is 0 Å². The van der Waals surface area contributed by atoms with Crippen LogP contribution < -0.4 is 0 Å². The molecule has 0 aromatic carbocycles. The average Bonchev–Trinajstić information content (AvgIpc) is 3.27. The van der Waals surface area contributed by atoms with Gasteiger partial charge in [-0.2, -0.15) is 0 Å². The molecule has 0 saturated carbocycles. The van der Waals surface area contributed by atoms with Gasteiger partial charge in [0.15, 0.2) is 6.29 Å². The fourth-order valence-corrected chi connectivity index (χ4v) is 6.26. The summed E-state index contributed by atoms with van der Waals surface area (Å²) in [5, 5.41) is 40.2. The summed E-state index contributed by atoms with van der Waals surface area (Å²) < 4.78 is 22.8. The summed E-state index contributed by atoms with van der Waals surface area (Å²) in [5.41, 5.74) is 0. The summed E-state index contributed by atoms with van der Waals surface area (Å²) in [5.74, 6) is -0.382. The Hall–Kier alpha value is -3.41. The minimum absolute atomic E-state index is 0.102. The zero-order valence-electron chi connectivity index (χ0n) is 38.3. The Morgan fingerprint density at radius 3 is 1.40 bits per heavy atom. The van der Waals surface area contributed by atoms with Crippen LogP contribution in [0.25, 0.3) is 0 Å². The van der Waals surface area contributed by atoms with Crippen LogP contribution >= 0.6 is 0 Å². The molecule has 1 aliphatic rings. The van der Waals surface area contributed by atoms with Crippen molar-refractivity contribution in [1.82, 2.24) is 0 Å². The zero-order chi connectivity index (χ0) is 45.0. The van der Waals surface area contributed by atoms with Crippen molar-refractivity contribution < 1.29 is 44.2 Å². The molecule has 62 heavy (non-hydrogen) atoms. The SMILES string of the molecule is CC/C=C\C/C=C\C/C=C\C/C=C\C/C=C\CCCCCCCCOCC(COC1OC(CO)C(O)C(O)C1O)OC(=O)CCC/C=C\C/C=C\C/C=C\C/C=C\C/C=C\CC. The summed E-state index contributed by atoms with van der Waals surface area (Å²) in [6, 6.07) is 0. The van der Waals surface area contributed by atoms with Crippen LogP contribution in [-0.2, 0) is 23.7 Å². The number of hydrogen-bond acceptors (Lipinski definition) is 9. The minimum Gasteiger partial charge on any atom is -0.457 e. The van der Waals surface area contributed by atoms with Crippen molar-refractivity contribution in [2.75, 3.05) is 26.4 Å². The van der Waals surface area contributed by atoms with Gasteiger partial charge >= 0.3 is 5.97 Å². The van der Waals surface area contributed by atoms with E-state index in [4.69, 9.17) is 18.9 Å². The molecule has 1 rings (SSSR count). The molecule has 0 bridgehead atoms. The number of esters is 1. The molecule has 0 amide bonds. The topological polar surface area (TPSA) is 135 Å². The molecule has 0 radical (unpaired) electrons. The van der Waals surface area contributed by atoms with Crippen LogP contribution in [0.1, 0.15) is 142 Å². The van der Waals surface area contributed by atoms with Crippen LogP contribution in [0, 0.1) is 0 Å². The maximum Gasteiger partial charge on any atom is 0.306 e.